The first-order valence-corrected chi connectivity index (χ1v) is 11.2. The lowest BCUT2D eigenvalue weighted by Gasteiger charge is -2.15. The molecule has 0 saturated carbocycles. The lowest BCUT2D eigenvalue weighted by atomic mass is 10.0. The van der Waals surface area contributed by atoms with Crippen molar-refractivity contribution in [2.24, 2.45) is 0 Å². The molecule has 0 bridgehead atoms. The highest BCUT2D eigenvalue weighted by Crippen LogP contribution is 2.36. The van der Waals surface area contributed by atoms with Gasteiger partial charge in [0.2, 0.25) is 0 Å². The van der Waals surface area contributed by atoms with Crippen LogP contribution in [0.5, 0.6) is 0 Å². The molecule has 1 atom stereocenters. The highest BCUT2D eigenvalue weighted by molar-refractivity contribution is 6.05. The summed E-state index contributed by atoms with van der Waals surface area (Å²) in [6.45, 7) is 1.42. The number of carbonyl (C=O) groups excluding carboxylic acids is 2. The van der Waals surface area contributed by atoms with Crippen LogP contribution < -0.4 is 10.6 Å². The van der Waals surface area contributed by atoms with Crippen molar-refractivity contribution in [2.45, 2.75) is 38.5 Å². The van der Waals surface area contributed by atoms with E-state index < -0.39 is 17.8 Å². The molecular weight excluding hydrogens is 473 g/mol. The van der Waals surface area contributed by atoms with Gasteiger partial charge in [-0.05, 0) is 54.7 Å². The normalized spacial score (nSPS) is 15.1. The van der Waals surface area contributed by atoms with Crippen LogP contribution in [0.4, 0.5) is 18.9 Å². The van der Waals surface area contributed by atoms with Crippen molar-refractivity contribution in [1.29, 1.82) is 0 Å². The van der Waals surface area contributed by atoms with Gasteiger partial charge in [0.15, 0.2) is 11.5 Å². The summed E-state index contributed by atoms with van der Waals surface area (Å²) >= 11 is 0. The van der Waals surface area contributed by atoms with E-state index in [9.17, 15) is 22.8 Å². The molecule has 0 spiro atoms. The molecule has 1 aliphatic carbocycles. The summed E-state index contributed by atoms with van der Waals surface area (Å²) in [6.07, 6.45) is 1.14. The Morgan fingerprint density at radius 2 is 1.97 bits per heavy atom. The number of hydrogen-bond acceptors (Lipinski definition) is 6. The molecule has 0 aliphatic heterocycles. The molecule has 184 valence electrons. The fraction of sp³-hybridized carbons (Fsp3) is 0.240. The first-order valence-electron chi connectivity index (χ1n) is 11.2. The largest absolute Gasteiger partial charge is 0.433 e. The monoisotopic (exact) mass is 494 g/mol. The second-order valence-electron chi connectivity index (χ2n) is 8.58. The lowest BCUT2D eigenvalue weighted by Crippen LogP contribution is -2.24. The molecule has 1 aromatic carbocycles. The number of Topliss-reactive ketones (excluding diaryl/α,β-unsaturated/α-hetero) is 1. The van der Waals surface area contributed by atoms with Crippen LogP contribution >= 0.6 is 0 Å². The van der Waals surface area contributed by atoms with Crippen LogP contribution in [0.3, 0.4) is 0 Å². The number of H-pyrrole nitrogens is 1. The third kappa shape index (κ3) is 4.51. The minimum Gasteiger partial charge on any atom is -0.375 e. The Kier molecular flexibility index (Phi) is 5.91. The number of hydrogen-bond donors (Lipinski definition) is 3. The van der Waals surface area contributed by atoms with Gasteiger partial charge >= 0.3 is 6.18 Å². The van der Waals surface area contributed by atoms with E-state index in [4.69, 9.17) is 0 Å². The van der Waals surface area contributed by atoms with Crippen molar-refractivity contribution in [2.75, 3.05) is 5.32 Å². The third-order valence-corrected chi connectivity index (χ3v) is 6.20. The van der Waals surface area contributed by atoms with E-state index in [1.807, 2.05) is 18.2 Å². The maximum absolute atomic E-state index is 12.9. The van der Waals surface area contributed by atoms with E-state index in [2.05, 4.69) is 30.6 Å². The number of fused-ring (bicyclic) bond motifs is 2. The third-order valence-electron chi connectivity index (χ3n) is 6.20. The van der Waals surface area contributed by atoms with Gasteiger partial charge < -0.3 is 15.6 Å². The van der Waals surface area contributed by atoms with Gasteiger partial charge in [0.25, 0.3) is 5.91 Å². The Bertz CT molecular complexity index is 1480. The molecule has 3 heterocycles. The number of ketones is 1. The number of rotatable bonds is 6. The molecule has 1 amide bonds. The Balaban J connectivity index is 1.33. The first kappa shape index (κ1) is 23.5. The Hall–Kier alpha value is -4.28. The molecule has 3 N–H and O–H groups in total. The van der Waals surface area contributed by atoms with E-state index in [-0.39, 0.29) is 29.6 Å². The zero-order valence-corrected chi connectivity index (χ0v) is 19.1. The molecule has 1 aliphatic rings. The molecule has 5 rings (SSSR count). The van der Waals surface area contributed by atoms with Gasteiger partial charge in [-0.1, -0.05) is 12.1 Å². The van der Waals surface area contributed by atoms with Crippen LogP contribution in [0.15, 0.2) is 49.1 Å². The number of anilines is 1. The predicted octanol–water partition coefficient (Wildman–Crippen LogP) is 4.60. The maximum atomic E-state index is 12.9. The maximum Gasteiger partial charge on any atom is 0.433 e. The van der Waals surface area contributed by atoms with E-state index in [0.29, 0.717) is 22.3 Å². The van der Waals surface area contributed by atoms with Crippen LogP contribution in [0.2, 0.25) is 0 Å². The molecule has 1 unspecified atom stereocenters. The summed E-state index contributed by atoms with van der Waals surface area (Å²) in [5.41, 5.74) is 3.86. The van der Waals surface area contributed by atoms with Crippen molar-refractivity contribution < 1.29 is 22.8 Å². The SMILES string of the molecule is CC(=O)c1ccc2c(c1)CCC2Nc1c[nH]c2c(C(=O)NCc3ccnc(C(F)(F)F)c3)ncnc12. The van der Waals surface area contributed by atoms with Crippen LogP contribution in [0, 0.1) is 0 Å². The molecule has 3 aromatic heterocycles. The summed E-state index contributed by atoms with van der Waals surface area (Å²) < 4.78 is 38.7. The van der Waals surface area contributed by atoms with Gasteiger partial charge in [-0.15, -0.1) is 0 Å². The summed E-state index contributed by atoms with van der Waals surface area (Å²) in [6, 6.07) is 8.03. The van der Waals surface area contributed by atoms with Gasteiger partial charge in [-0.3, -0.25) is 14.6 Å². The summed E-state index contributed by atoms with van der Waals surface area (Å²) in [4.78, 5) is 39.2. The summed E-state index contributed by atoms with van der Waals surface area (Å²) in [5.74, 6) is -0.526. The molecule has 0 radical (unpaired) electrons. The van der Waals surface area contributed by atoms with Crippen molar-refractivity contribution in [1.82, 2.24) is 25.3 Å². The minimum absolute atomic E-state index is 0.0155. The molecular formula is C25H21F3N6O2. The number of aromatic nitrogens is 4. The van der Waals surface area contributed by atoms with Crippen LogP contribution in [-0.4, -0.2) is 31.6 Å². The second-order valence-corrected chi connectivity index (χ2v) is 8.58. The zero-order chi connectivity index (χ0) is 25.4. The van der Waals surface area contributed by atoms with E-state index in [1.54, 1.807) is 13.1 Å². The average Bonchev–Trinajstić information content (AvgIpc) is 3.46. The second kappa shape index (κ2) is 9.06. The predicted molar refractivity (Wildman–Crippen MR) is 125 cm³/mol. The number of alkyl halides is 3. The standard InChI is InChI=1S/C25H21F3N6O2/c1-13(35)15-2-4-17-16(9-15)3-5-18(17)34-19-11-30-22-21(19)32-12-33-23(22)24(36)31-10-14-6-7-29-20(8-14)25(26,27)28/h2,4,6-9,11-12,18,30,34H,3,5,10H2,1H3,(H,31,36). The Morgan fingerprint density at radius 1 is 1.14 bits per heavy atom. The lowest BCUT2D eigenvalue weighted by molar-refractivity contribution is -0.141. The van der Waals surface area contributed by atoms with Gasteiger partial charge in [-0.2, -0.15) is 13.2 Å². The number of nitrogens with zero attached hydrogens (tertiary/aromatic N) is 3. The number of halogens is 3. The molecule has 4 aromatic rings. The number of benzene rings is 1. The molecule has 36 heavy (non-hydrogen) atoms. The first-order chi connectivity index (χ1) is 17.2. The highest BCUT2D eigenvalue weighted by Gasteiger charge is 2.32. The highest BCUT2D eigenvalue weighted by atomic mass is 19.4. The van der Waals surface area contributed by atoms with Crippen LogP contribution in [-0.2, 0) is 19.1 Å². The molecule has 0 fully saturated rings. The van der Waals surface area contributed by atoms with Crippen LogP contribution in [0.25, 0.3) is 11.0 Å². The number of aryl methyl sites for hydroxylation is 1. The Morgan fingerprint density at radius 3 is 2.75 bits per heavy atom. The zero-order valence-electron chi connectivity index (χ0n) is 19.1. The minimum atomic E-state index is -4.57. The van der Waals surface area contributed by atoms with Gasteiger partial charge in [0, 0.05) is 24.5 Å². The fourth-order valence-corrected chi connectivity index (χ4v) is 4.40. The number of carbonyl (C=O) groups is 2. The molecule has 11 heteroatoms. The van der Waals surface area contributed by atoms with Crippen molar-refractivity contribution in [3.63, 3.8) is 0 Å². The smallest absolute Gasteiger partial charge is 0.375 e. The number of aromatic amines is 1. The van der Waals surface area contributed by atoms with Crippen molar-refractivity contribution in [3.05, 3.63) is 82.7 Å². The number of nitrogens with one attached hydrogen (secondary N) is 3. The van der Waals surface area contributed by atoms with Crippen molar-refractivity contribution >= 4 is 28.4 Å². The fourth-order valence-electron chi connectivity index (χ4n) is 4.40. The quantitative estimate of drug-likeness (QED) is 0.338. The van der Waals surface area contributed by atoms with Crippen molar-refractivity contribution in [3.8, 4) is 0 Å². The van der Waals surface area contributed by atoms with E-state index >= 15 is 0 Å². The summed E-state index contributed by atoms with van der Waals surface area (Å²) in [5, 5.41) is 6.06. The van der Waals surface area contributed by atoms with Gasteiger partial charge in [0.05, 0.1) is 17.2 Å². The molecule has 0 saturated heterocycles. The Labute approximate surface area is 203 Å². The molecule has 8 nitrogen and oxygen atoms in total. The topological polar surface area (TPSA) is 113 Å². The van der Waals surface area contributed by atoms with E-state index in [0.717, 1.165) is 36.2 Å². The van der Waals surface area contributed by atoms with Crippen LogP contribution in [0.1, 0.15) is 62.6 Å². The summed E-state index contributed by atoms with van der Waals surface area (Å²) in [7, 11) is 0. The average molecular weight is 494 g/mol. The number of pyridine rings is 1. The van der Waals surface area contributed by atoms with Gasteiger partial charge in [0.1, 0.15) is 17.5 Å². The number of amides is 1. The van der Waals surface area contributed by atoms with Gasteiger partial charge in [-0.25, -0.2) is 9.97 Å². The van der Waals surface area contributed by atoms with E-state index in [1.165, 1.54) is 12.4 Å².